The van der Waals surface area contributed by atoms with Crippen LogP contribution in [-0.2, 0) is 0 Å². The highest BCUT2D eigenvalue weighted by atomic mass is 16.4. The minimum atomic E-state index is -0.995. The molecule has 26 heavy (non-hydrogen) atoms. The molecular weight excluding hydrogens is 330 g/mol. The fourth-order valence-electron chi connectivity index (χ4n) is 2.79. The van der Waals surface area contributed by atoms with Crippen molar-refractivity contribution in [3.8, 4) is 16.9 Å². The molecule has 0 fully saturated rings. The van der Waals surface area contributed by atoms with Gasteiger partial charge in [0.2, 0.25) is 0 Å². The fraction of sp³-hybridized carbons (Fsp3) is 0. The summed E-state index contributed by atoms with van der Waals surface area (Å²) in [6.07, 6.45) is 1.57. The van der Waals surface area contributed by atoms with Gasteiger partial charge in [0, 0.05) is 17.1 Å². The third kappa shape index (κ3) is 2.63. The number of aromatic carboxylic acids is 1. The van der Waals surface area contributed by atoms with Gasteiger partial charge < -0.3 is 5.11 Å². The first-order valence-corrected chi connectivity index (χ1v) is 7.92. The Hall–Kier alpha value is -3.80. The van der Waals surface area contributed by atoms with Gasteiger partial charge in [-0.15, -0.1) is 0 Å². The highest BCUT2D eigenvalue weighted by Crippen LogP contribution is 2.24. The Kier molecular flexibility index (Phi) is 3.78. The van der Waals surface area contributed by atoms with E-state index in [0.717, 1.165) is 0 Å². The van der Waals surface area contributed by atoms with Crippen LogP contribution in [0.25, 0.3) is 27.8 Å². The Morgan fingerprint density at radius 2 is 1.65 bits per heavy atom. The number of hydrogen-bond acceptors (Lipinski definition) is 4. The minimum Gasteiger partial charge on any atom is -0.478 e. The molecule has 0 saturated carbocycles. The average molecular weight is 343 g/mol. The molecule has 0 atom stereocenters. The van der Waals surface area contributed by atoms with Crippen LogP contribution in [0.2, 0.25) is 0 Å². The number of benzene rings is 2. The van der Waals surface area contributed by atoms with Gasteiger partial charge in [0.25, 0.3) is 5.56 Å². The normalized spacial score (nSPS) is 10.8. The lowest BCUT2D eigenvalue weighted by Gasteiger charge is -2.11. The van der Waals surface area contributed by atoms with E-state index in [0.29, 0.717) is 27.8 Å². The monoisotopic (exact) mass is 343 g/mol. The molecule has 4 aromatic rings. The highest BCUT2D eigenvalue weighted by molar-refractivity contribution is 5.93. The van der Waals surface area contributed by atoms with E-state index in [-0.39, 0.29) is 11.1 Å². The molecule has 1 N–H and O–H groups in total. The Morgan fingerprint density at radius 3 is 2.35 bits per heavy atom. The number of carboxylic acid groups (broad SMARTS) is 1. The molecule has 0 aliphatic rings. The summed E-state index contributed by atoms with van der Waals surface area (Å²) in [4.78, 5) is 28.1. The molecule has 4 rings (SSSR count). The van der Waals surface area contributed by atoms with Crippen molar-refractivity contribution in [1.29, 1.82) is 0 Å². The van der Waals surface area contributed by atoms with E-state index in [2.05, 4.69) is 10.1 Å². The van der Waals surface area contributed by atoms with E-state index in [1.54, 1.807) is 42.6 Å². The Balaban J connectivity index is 2.01. The van der Waals surface area contributed by atoms with Gasteiger partial charge in [0.1, 0.15) is 11.2 Å². The first kappa shape index (κ1) is 15.7. The first-order chi connectivity index (χ1) is 12.6. The largest absolute Gasteiger partial charge is 0.478 e. The standard InChI is InChI=1S/C20H13N3O3/c24-19-18-16(7-4-12-21-18)17(13-8-10-14(11-9-13)20(25)26)22-23(19)15-5-2-1-3-6-15/h1-12H,(H,25,26). The lowest BCUT2D eigenvalue weighted by Crippen LogP contribution is -2.22. The van der Waals surface area contributed by atoms with Crippen molar-refractivity contribution >= 4 is 16.9 Å². The van der Waals surface area contributed by atoms with E-state index >= 15 is 0 Å². The second-order valence-electron chi connectivity index (χ2n) is 5.68. The van der Waals surface area contributed by atoms with Crippen molar-refractivity contribution in [3.63, 3.8) is 0 Å². The Bertz CT molecular complexity index is 1170. The number of hydrogen-bond donors (Lipinski definition) is 1. The molecule has 0 amide bonds. The van der Waals surface area contributed by atoms with Gasteiger partial charge in [-0.25, -0.2) is 4.79 Å². The van der Waals surface area contributed by atoms with Gasteiger partial charge in [0.05, 0.1) is 11.3 Å². The van der Waals surface area contributed by atoms with Crippen molar-refractivity contribution in [2.45, 2.75) is 0 Å². The van der Waals surface area contributed by atoms with Crippen LogP contribution in [0.3, 0.4) is 0 Å². The van der Waals surface area contributed by atoms with Gasteiger partial charge >= 0.3 is 5.97 Å². The van der Waals surface area contributed by atoms with Crippen LogP contribution in [0.4, 0.5) is 0 Å². The zero-order chi connectivity index (χ0) is 18.1. The number of para-hydroxylation sites is 1. The molecule has 126 valence electrons. The summed E-state index contributed by atoms with van der Waals surface area (Å²) >= 11 is 0. The maximum atomic E-state index is 12.8. The number of nitrogens with zero attached hydrogens (tertiary/aromatic N) is 3. The van der Waals surface area contributed by atoms with Crippen LogP contribution < -0.4 is 5.56 Å². The smallest absolute Gasteiger partial charge is 0.335 e. The Labute approximate surface area is 148 Å². The van der Waals surface area contributed by atoms with Crippen LogP contribution in [0.15, 0.2) is 77.7 Å². The van der Waals surface area contributed by atoms with Crippen molar-refractivity contribution in [2.24, 2.45) is 0 Å². The second kappa shape index (κ2) is 6.25. The summed E-state index contributed by atoms with van der Waals surface area (Å²) in [6, 6.07) is 19.0. The maximum Gasteiger partial charge on any atom is 0.335 e. The zero-order valence-corrected chi connectivity index (χ0v) is 13.5. The Morgan fingerprint density at radius 1 is 0.923 bits per heavy atom. The van der Waals surface area contributed by atoms with E-state index in [9.17, 15) is 9.59 Å². The lowest BCUT2D eigenvalue weighted by atomic mass is 10.1. The first-order valence-electron chi connectivity index (χ1n) is 7.92. The van der Waals surface area contributed by atoms with E-state index in [1.807, 2.05) is 18.2 Å². The van der Waals surface area contributed by atoms with Crippen molar-refractivity contribution in [1.82, 2.24) is 14.8 Å². The summed E-state index contributed by atoms with van der Waals surface area (Å²) in [7, 11) is 0. The third-order valence-corrected chi connectivity index (χ3v) is 4.06. The van der Waals surface area contributed by atoms with Crippen molar-refractivity contribution < 1.29 is 9.90 Å². The predicted molar refractivity (Wildman–Crippen MR) is 97.5 cm³/mol. The van der Waals surface area contributed by atoms with Crippen LogP contribution in [0.5, 0.6) is 0 Å². The van der Waals surface area contributed by atoms with Gasteiger partial charge in [-0.3, -0.25) is 9.78 Å². The summed E-state index contributed by atoms with van der Waals surface area (Å²) < 4.78 is 1.32. The van der Waals surface area contributed by atoms with Gasteiger partial charge in [-0.1, -0.05) is 30.3 Å². The van der Waals surface area contributed by atoms with E-state index < -0.39 is 5.97 Å². The molecule has 0 unspecified atom stereocenters. The quantitative estimate of drug-likeness (QED) is 0.618. The molecule has 6 nitrogen and oxygen atoms in total. The van der Waals surface area contributed by atoms with E-state index in [4.69, 9.17) is 5.11 Å². The molecule has 6 heteroatoms. The van der Waals surface area contributed by atoms with Crippen molar-refractivity contribution in [2.75, 3.05) is 0 Å². The topological polar surface area (TPSA) is 85.1 Å². The summed E-state index contributed by atoms with van der Waals surface area (Å²) in [6.45, 7) is 0. The van der Waals surface area contributed by atoms with Gasteiger partial charge in [-0.2, -0.15) is 9.78 Å². The number of pyridine rings is 1. The molecule has 0 aliphatic carbocycles. The molecule has 2 aromatic carbocycles. The number of carbonyl (C=O) groups is 1. The number of fused-ring (bicyclic) bond motifs is 1. The molecule has 2 aromatic heterocycles. The van der Waals surface area contributed by atoms with Crippen LogP contribution >= 0.6 is 0 Å². The number of rotatable bonds is 3. The van der Waals surface area contributed by atoms with Crippen LogP contribution in [0.1, 0.15) is 10.4 Å². The van der Waals surface area contributed by atoms with Crippen LogP contribution in [-0.4, -0.2) is 25.8 Å². The summed E-state index contributed by atoms with van der Waals surface area (Å²) in [5.41, 5.74) is 2.09. The molecule has 0 bridgehead atoms. The van der Waals surface area contributed by atoms with Gasteiger partial charge in [0.15, 0.2) is 0 Å². The number of carboxylic acids is 1. The average Bonchev–Trinajstić information content (AvgIpc) is 2.69. The molecular formula is C20H13N3O3. The molecule has 0 saturated heterocycles. The highest BCUT2D eigenvalue weighted by Gasteiger charge is 2.14. The molecule has 0 radical (unpaired) electrons. The minimum absolute atomic E-state index is 0.188. The van der Waals surface area contributed by atoms with Gasteiger partial charge in [-0.05, 0) is 36.4 Å². The fourth-order valence-corrected chi connectivity index (χ4v) is 2.79. The van der Waals surface area contributed by atoms with Crippen molar-refractivity contribution in [3.05, 3.63) is 88.8 Å². The molecule has 0 spiro atoms. The third-order valence-electron chi connectivity index (χ3n) is 4.06. The summed E-state index contributed by atoms with van der Waals surface area (Å²) in [5.74, 6) is -0.995. The molecule has 2 heterocycles. The van der Waals surface area contributed by atoms with Crippen LogP contribution in [0, 0.1) is 0 Å². The van der Waals surface area contributed by atoms with E-state index in [1.165, 1.54) is 16.8 Å². The predicted octanol–water partition coefficient (Wildman–Crippen LogP) is 3.15. The maximum absolute atomic E-state index is 12.8. The second-order valence-corrected chi connectivity index (χ2v) is 5.68. The summed E-state index contributed by atoms with van der Waals surface area (Å²) in [5, 5.41) is 14.2. The SMILES string of the molecule is O=C(O)c1ccc(-c2nn(-c3ccccc3)c(=O)c3ncccc23)cc1. The lowest BCUT2D eigenvalue weighted by molar-refractivity contribution is 0.0697. The molecule has 0 aliphatic heterocycles. The number of aromatic nitrogens is 3. The zero-order valence-electron chi connectivity index (χ0n) is 13.5.